The molecule has 1 rings (SSSR count). The molecule has 0 radical (unpaired) electrons. The molecule has 19 heavy (non-hydrogen) atoms. The van der Waals surface area contributed by atoms with Crippen LogP contribution < -0.4 is 5.32 Å². The molecule has 0 saturated heterocycles. The van der Waals surface area contributed by atoms with Gasteiger partial charge in [-0.25, -0.2) is 8.78 Å². The minimum absolute atomic E-state index is 0.168. The lowest BCUT2D eigenvalue weighted by Crippen LogP contribution is -2.28. The van der Waals surface area contributed by atoms with E-state index in [1.54, 1.807) is 0 Å². The summed E-state index contributed by atoms with van der Waals surface area (Å²) in [4.78, 5) is 11.7. The first kappa shape index (κ1) is 15.3. The summed E-state index contributed by atoms with van der Waals surface area (Å²) in [6.07, 6.45) is 0. The third-order valence-corrected chi connectivity index (χ3v) is 2.37. The number of carbonyl (C=O) groups is 1. The zero-order valence-corrected chi connectivity index (χ0v) is 11.1. The second-order valence-electron chi connectivity index (χ2n) is 4.35. The standard InChI is InChI=1S/C14H17F2NO2/c1-9(2)8-19-5-4-17-14(18)11-6-10(3)12(15)7-13(11)16/h6-7H,1,4-5,8H2,2-3H3,(H,17,18). The number of rotatable bonds is 6. The number of halogens is 2. The second-order valence-corrected chi connectivity index (χ2v) is 4.35. The third kappa shape index (κ3) is 4.79. The van der Waals surface area contributed by atoms with Gasteiger partial charge in [-0.3, -0.25) is 4.79 Å². The van der Waals surface area contributed by atoms with Gasteiger partial charge < -0.3 is 10.1 Å². The molecule has 1 aromatic rings. The molecule has 0 aliphatic heterocycles. The Morgan fingerprint density at radius 3 is 2.68 bits per heavy atom. The summed E-state index contributed by atoms with van der Waals surface area (Å²) < 4.78 is 31.7. The van der Waals surface area contributed by atoms with Crippen molar-refractivity contribution in [3.63, 3.8) is 0 Å². The Morgan fingerprint density at radius 2 is 2.05 bits per heavy atom. The Labute approximate surface area is 111 Å². The van der Waals surface area contributed by atoms with Crippen molar-refractivity contribution in [2.24, 2.45) is 0 Å². The van der Waals surface area contributed by atoms with Crippen molar-refractivity contribution in [2.45, 2.75) is 13.8 Å². The highest BCUT2D eigenvalue weighted by Crippen LogP contribution is 2.13. The lowest BCUT2D eigenvalue weighted by molar-refractivity contribution is 0.0922. The van der Waals surface area contributed by atoms with Crippen molar-refractivity contribution in [2.75, 3.05) is 19.8 Å². The molecule has 1 amide bonds. The highest BCUT2D eigenvalue weighted by Gasteiger charge is 2.13. The zero-order valence-electron chi connectivity index (χ0n) is 11.1. The fraction of sp³-hybridized carbons (Fsp3) is 0.357. The maximum atomic E-state index is 13.4. The summed E-state index contributed by atoms with van der Waals surface area (Å²) in [7, 11) is 0. The van der Waals surface area contributed by atoms with Gasteiger partial charge in [0.15, 0.2) is 0 Å². The van der Waals surface area contributed by atoms with Gasteiger partial charge in [-0.1, -0.05) is 12.2 Å². The van der Waals surface area contributed by atoms with E-state index >= 15 is 0 Å². The summed E-state index contributed by atoms with van der Waals surface area (Å²) in [6, 6.07) is 1.90. The lowest BCUT2D eigenvalue weighted by atomic mass is 10.1. The molecule has 0 saturated carbocycles. The fourth-order valence-electron chi connectivity index (χ4n) is 1.41. The maximum Gasteiger partial charge on any atom is 0.254 e. The van der Waals surface area contributed by atoms with Crippen LogP contribution in [0.1, 0.15) is 22.8 Å². The van der Waals surface area contributed by atoms with Crippen molar-refractivity contribution in [3.05, 3.63) is 47.0 Å². The van der Waals surface area contributed by atoms with E-state index in [4.69, 9.17) is 4.74 Å². The summed E-state index contributed by atoms with van der Waals surface area (Å²) in [5.41, 5.74) is 0.940. The Kier molecular flexibility index (Phi) is 5.63. The molecule has 3 nitrogen and oxygen atoms in total. The highest BCUT2D eigenvalue weighted by molar-refractivity contribution is 5.94. The number of hydrogen-bond acceptors (Lipinski definition) is 2. The second kappa shape index (κ2) is 6.99. The molecule has 0 unspecified atom stereocenters. The van der Waals surface area contributed by atoms with Crippen LogP contribution in [0.25, 0.3) is 0 Å². The number of nitrogens with one attached hydrogen (secondary N) is 1. The third-order valence-electron chi connectivity index (χ3n) is 2.37. The smallest absolute Gasteiger partial charge is 0.254 e. The van der Waals surface area contributed by atoms with Gasteiger partial charge in [-0.05, 0) is 25.5 Å². The van der Waals surface area contributed by atoms with Crippen LogP contribution in [-0.4, -0.2) is 25.7 Å². The monoisotopic (exact) mass is 269 g/mol. The molecule has 104 valence electrons. The number of carbonyl (C=O) groups excluding carboxylic acids is 1. The Morgan fingerprint density at radius 1 is 1.37 bits per heavy atom. The first-order valence-electron chi connectivity index (χ1n) is 5.87. The van der Waals surface area contributed by atoms with E-state index in [0.717, 1.165) is 5.57 Å². The van der Waals surface area contributed by atoms with Gasteiger partial charge >= 0.3 is 0 Å². The van der Waals surface area contributed by atoms with E-state index in [0.29, 0.717) is 19.3 Å². The predicted molar refractivity (Wildman–Crippen MR) is 69.1 cm³/mol. The normalized spacial score (nSPS) is 10.3. The topological polar surface area (TPSA) is 38.3 Å². The van der Waals surface area contributed by atoms with Crippen LogP contribution in [0.4, 0.5) is 8.78 Å². The Hall–Kier alpha value is -1.75. The maximum absolute atomic E-state index is 13.4. The van der Waals surface area contributed by atoms with Crippen molar-refractivity contribution in [1.29, 1.82) is 0 Å². The molecule has 0 aliphatic rings. The van der Waals surface area contributed by atoms with Gasteiger partial charge in [0.25, 0.3) is 5.91 Å². The van der Waals surface area contributed by atoms with Crippen LogP contribution in [-0.2, 0) is 4.74 Å². The number of hydrogen-bond donors (Lipinski definition) is 1. The number of aryl methyl sites for hydroxylation is 1. The van der Waals surface area contributed by atoms with Gasteiger partial charge in [0.1, 0.15) is 11.6 Å². The predicted octanol–water partition coefficient (Wildman–Crippen LogP) is 2.60. The lowest BCUT2D eigenvalue weighted by Gasteiger charge is -2.08. The molecule has 0 heterocycles. The average molecular weight is 269 g/mol. The molecule has 0 atom stereocenters. The minimum atomic E-state index is -0.872. The summed E-state index contributed by atoms with van der Waals surface area (Å²) in [5, 5.41) is 2.50. The van der Waals surface area contributed by atoms with E-state index in [2.05, 4.69) is 11.9 Å². The number of amides is 1. The zero-order chi connectivity index (χ0) is 14.4. The van der Waals surface area contributed by atoms with Crippen LogP contribution >= 0.6 is 0 Å². The first-order valence-corrected chi connectivity index (χ1v) is 5.87. The molecule has 1 aromatic carbocycles. The molecule has 0 spiro atoms. The largest absolute Gasteiger partial charge is 0.375 e. The first-order chi connectivity index (χ1) is 8.91. The van der Waals surface area contributed by atoms with Crippen molar-refractivity contribution in [3.8, 4) is 0 Å². The van der Waals surface area contributed by atoms with Crippen molar-refractivity contribution >= 4 is 5.91 Å². The van der Waals surface area contributed by atoms with Gasteiger partial charge in [-0.15, -0.1) is 0 Å². The van der Waals surface area contributed by atoms with Crippen LogP contribution in [0.5, 0.6) is 0 Å². The van der Waals surface area contributed by atoms with E-state index < -0.39 is 17.5 Å². The van der Waals surface area contributed by atoms with Crippen LogP contribution in [0.3, 0.4) is 0 Å². The van der Waals surface area contributed by atoms with Gasteiger partial charge in [0.2, 0.25) is 0 Å². The van der Waals surface area contributed by atoms with Gasteiger partial charge in [-0.2, -0.15) is 0 Å². The fourth-order valence-corrected chi connectivity index (χ4v) is 1.41. The molecule has 0 fully saturated rings. The van der Waals surface area contributed by atoms with Gasteiger partial charge in [0.05, 0.1) is 18.8 Å². The Balaban J connectivity index is 2.50. The number of benzene rings is 1. The van der Waals surface area contributed by atoms with Gasteiger partial charge in [0, 0.05) is 12.6 Å². The van der Waals surface area contributed by atoms with E-state index in [1.807, 2.05) is 6.92 Å². The van der Waals surface area contributed by atoms with E-state index in [-0.39, 0.29) is 17.7 Å². The van der Waals surface area contributed by atoms with Crippen LogP contribution in [0.15, 0.2) is 24.3 Å². The molecule has 1 N–H and O–H groups in total. The number of ether oxygens (including phenoxy) is 1. The SMILES string of the molecule is C=C(C)COCCNC(=O)c1cc(C)c(F)cc1F. The molecular weight excluding hydrogens is 252 g/mol. The van der Waals surface area contributed by atoms with Crippen molar-refractivity contribution in [1.82, 2.24) is 5.32 Å². The molecule has 5 heteroatoms. The molecule has 0 aliphatic carbocycles. The van der Waals surface area contributed by atoms with Crippen molar-refractivity contribution < 1.29 is 18.3 Å². The van der Waals surface area contributed by atoms with Crippen LogP contribution in [0, 0.1) is 18.6 Å². The molecular formula is C14H17F2NO2. The minimum Gasteiger partial charge on any atom is -0.375 e. The van der Waals surface area contributed by atoms with E-state index in [1.165, 1.54) is 13.0 Å². The summed E-state index contributed by atoms with van der Waals surface area (Å²) in [6.45, 7) is 7.94. The highest BCUT2D eigenvalue weighted by atomic mass is 19.1. The molecule has 0 bridgehead atoms. The Bertz CT molecular complexity index is 487. The summed E-state index contributed by atoms with van der Waals surface area (Å²) >= 11 is 0. The quantitative estimate of drug-likeness (QED) is 0.637. The van der Waals surface area contributed by atoms with Crippen LogP contribution in [0.2, 0.25) is 0 Å². The van der Waals surface area contributed by atoms with E-state index in [9.17, 15) is 13.6 Å². The average Bonchev–Trinajstić information content (AvgIpc) is 2.32. The summed E-state index contributed by atoms with van der Waals surface area (Å²) in [5.74, 6) is -2.12. The molecule has 0 aromatic heterocycles.